The molecule has 0 aliphatic carbocycles. The van der Waals surface area contributed by atoms with Gasteiger partial charge in [0.2, 0.25) is 6.17 Å². The Morgan fingerprint density at radius 3 is 2.47 bits per heavy atom. The molecule has 0 aromatic heterocycles. The van der Waals surface area contributed by atoms with Crippen molar-refractivity contribution in [3.8, 4) is 0 Å². The molecule has 7 nitrogen and oxygen atoms in total. The van der Waals surface area contributed by atoms with Gasteiger partial charge in [0.25, 0.3) is 5.91 Å². The third-order valence-corrected chi connectivity index (χ3v) is 5.67. The van der Waals surface area contributed by atoms with Gasteiger partial charge in [0.1, 0.15) is 5.84 Å². The third kappa shape index (κ3) is 4.56. The van der Waals surface area contributed by atoms with Crippen LogP contribution in [0.25, 0.3) is 0 Å². The first-order valence-corrected chi connectivity index (χ1v) is 10.7. The number of halogens is 2. The van der Waals surface area contributed by atoms with Crippen molar-refractivity contribution < 1.29 is 18.4 Å². The van der Waals surface area contributed by atoms with Gasteiger partial charge in [0, 0.05) is 37.5 Å². The van der Waals surface area contributed by atoms with E-state index in [-0.39, 0.29) is 5.69 Å². The van der Waals surface area contributed by atoms with Crippen molar-refractivity contribution in [1.29, 1.82) is 0 Å². The summed E-state index contributed by atoms with van der Waals surface area (Å²) in [6, 6.07) is 9.81. The lowest BCUT2D eigenvalue weighted by Gasteiger charge is -2.25. The molecular weight excluding hydrogens is 416 g/mol. The molecule has 0 unspecified atom stereocenters. The second-order valence-electron chi connectivity index (χ2n) is 7.90. The highest BCUT2D eigenvalue weighted by molar-refractivity contribution is 6.12. The van der Waals surface area contributed by atoms with E-state index in [0.29, 0.717) is 11.5 Å². The molecule has 0 radical (unpaired) electrons. The summed E-state index contributed by atoms with van der Waals surface area (Å²) in [7, 11) is 1.64. The minimum absolute atomic E-state index is 0.0656. The molecule has 168 valence electrons. The van der Waals surface area contributed by atoms with Crippen LogP contribution in [0.1, 0.15) is 31.2 Å². The standard InChI is InChI=1S/C23H25F2N5O2/c1-29-19-9-5-4-8-16(19)21(30-12-6-2-3-7-13-30)27-20(22(29)31)28-23(32)26-15-10-11-17(24)18(25)14-15/h4-5,8-11,14,20H,2-3,6-7,12-13H2,1H3,(H2,26,28,32)/t20-/m0/s1. The second-order valence-corrected chi connectivity index (χ2v) is 7.90. The fraction of sp³-hybridized carbons (Fsp3) is 0.348. The van der Waals surface area contributed by atoms with Crippen molar-refractivity contribution in [3.05, 3.63) is 59.7 Å². The van der Waals surface area contributed by atoms with Crippen LogP contribution in [0.3, 0.4) is 0 Å². The van der Waals surface area contributed by atoms with Gasteiger partial charge in [0.05, 0.1) is 5.69 Å². The minimum Gasteiger partial charge on any atom is -0.356 e. The first-order valence-electron chi connectivity index (χ1n) is 10.7. The highest BCUT2D eigenvalue weighted by Gasteiger charge is 2.32. The first kappa shape index (κ1) is 21.7. The molecule has 2 aromatic carbocycles. The van der Waals surface area contributed by atoms with Gasteiger partial charge < -0.3 is 20.4 Å². The van der Waals surface area contributed by atoms with Gasteiger partial charge in [-0.15, -0.1) is 0 Å². The largest absolute Gasteiger partial charge is 0.356 e. The van der Waals surface area contributed by atoms with Crippen molar-refractivity contribution in [1.82, 2.24) is 10.2 Å². The zero-order valence-electron chi connectivity index (χ0n) is 17.8. The summed E-state index contributed by atoms with van der Waals surface area (Å²) in [4.78, 5) is 34.0. The van der Waals surface area contributed by atoms with Crippen LogP contribution in [0.2, 0.25) is 0 Å². The number of nitrogens with zero attached hydrogens (tertiary/aromatic N) is 3. The molecule has 0 saturated carbocycles. The lowest BCUT2D eigenvalue weighted by atomic mass is 10.1. The number of anilines is 2. The summed E-state index contributed by atoms with van der Waals surface area (Å²) in [5.41, 5.74) is 1.61. The van der Waals surface area contributed by atoms with Gasteiger partial charge in [-0.25, -0.2) is 18.6 Å². The maximum Gasteiger partial charge on any atom is 0.321 e. The quantitative estimate of drug-likeness (QED) is 0.746. The molecule has 2 N–H and O–H groups in total. The molecule has 2 aromatic rings. The normalized spacial score (nSPS) is 18.9. The van der Waals surface area contributed by atoms with E-state index in [4.69, 9.17) is 0 Å². The van der Waals surface area contributed by atoms with Crippen molar-refractivity contribution in [3.63, 3.8) is 0 Å². The SMILES string of the molecule is CN1C(=O)[C@H](NC(=O)Nc2ccc(F)c(F)c2)N=C(N2CCCCCC2)c2ccccc21. The lowest BCUT2D eigenvalue weighted by Crippen LogP contribution is -2.47. The predicted octanol–water partition coefficient (Wildman–Crippen LogP) is 3.71. The minimum atomic E-state index is -1.17. The fourth-order valence-electron chi connectivity index (χ4n) is 4.00. The van der Waals surface area contributed by atoms with Crippen molar-refractivity contribution in [2.24, 2.45) is 4.99 Å². The number of amides is 3. The summed E-state index contributed by atoms with van der Waals surface area (Å²) < 4.78 is 26.6. The van der Waals surface area contributed by atoms with E-state index in [1.54, 1.807) is 7.05 Å². The van der Waals surface area contributed by atoms with E-state index in [0.717, 1.165) is 56.5 Å². The topological polar surface area (TPSA) is 77.0 Å². The zero-order chi connectivity index (χ0) is 22.7. The molecule has 2 aliphatic rings. The molecule has 0 spiro atoms. The summed E-state index contributed by atoms with van der Waals surface area (Å²) in [5, 5.41) is 5.00. The molecule has 1 saturated heterocycles. The number of amidine groups is 1. The molecule has 32 heavy (non-hydrogen) atoms. The summed E-state index contributed by atoms with van der Waals surface area (Å²) >= 11 is 0. The number of likely N-dealkylation sites (tertiary alicyclic amines) is 1. The van der Waals surface area contributed by atoms with Gasteiger partial charge in [-0.05, 0) is 37.1 Å². The number of para-hydroxylation sites is 1. The van der Waals surface area contributed by atoms with Gasteiger partial charge in [-0.1, -0.05) is 25.0 Å². The molecule has 4 rings (SSSR count). The van der Waals surface area contributed by atoms with Crippen LogP contribution in [0.15, 0.2) is 47.5 Å². The highest BCUT2D eigenvalue weighted by Crippen LogP contribution is 2.27. The smallest absolute Gasteiger partial charge is 0.321 e. The Balaban J connectivity index is 1.63. The van der Waals surface area contributed by atoms with Crippen LogP contribution in [-0.4, -0.2) is 49.0 Å². The maximum absolute atomic E-state index is 13.5. The average Bonchev–Trinajstić information content (AvgIpc) is 3.11. The number of urea groups is 1. The summed E-state index contributed by atoms with van der Waals surface area (Å²) in [6.45, 7) is 1.64. The number of carbonyl (C=O) groups excluding carboxylic acids is 2. The fourth-order valence-corrected chi connectivity index (χ4v) is 4.00. The molecular formula is C23H25F2N5O2. The van der Waals surface area contributed by atoms with E-state index >= 15 is 0 Å². The van der Waals surface area contributed by atoms with Crippen LogP contribution in [0.5, 0.6) is 0 Å². The molecule has 1 atom stereocenters. The number of hydrogen-bond donors (Lipinski definition) is 2. The van der Waals surface area contributed by atoms with Gasteiger partial charge in [-0.2, -0.15) is 0 Å². The van der Waals surface area contributed by atoms with E-state index in [1.807, 2.05) is 24.3 Å². The number of likely N-dealkylation sites (N-methyl/N-ethyl adjacent to an activating group) is 1. The number of rotatable bonds is 2. The van der Waals surface area contributed by atoms with E-state index < -0.39 is 29.7 Å². The summed E-state index contributed by atoms with van der Waals surface area (Å²) in [6.07, 6.45) is 3.17. The van der Waals surface area contributed by atoms with Crippen LogP contribution < -0.4 is 15.5 Å². The average molecular weight is 441 g/mol. The van der Waals surface area contributed by atoms with Gasteiger partial charge in [0.15, 0.2) is 11.6 Å². The molecule has 1 fully saturated rings. The Hall–Kier alpha value is -3.49. The van der Waals surface area contributed by atoms with Crippen LogP contribution in [0, 0.1) is 11.6 Å². The summed E-state index contributed by atoms with van der Waals surface area (Å²) in [5.74, 6) is -1.83. The van der Waals surface area contributed by atoms with E-state index in [1.165, 1.54) is 11.0 Å². The van der Waals surface area contributed by atoms with Crippen molar-refractivity contribution in [2.45, 2.75) is 31.8 Å². The first-order chi connectivity index (χ1) is 15.4. The molecule has 0 bridgehead atoms. The molecule has 2 aliphatic heterocycles. The Morgan fingerprint density at radius 2 is 1.75 bits per heavy atom. The van der Waals surface area contributed by atoms with Gasteiger partial charge in [-0.3, -0.25) is 4.79 Å². The number of hydrogen-bond acceptors (Lipinski definition) is 4. The van der Waals surface area contributed by atoms with Crippen LogP contribution in [-0.2, 0) is 4.79 Å². The third-order valence-electron chi connectivity index (χ3n) is 5.67. The Bertz CT molecular complexity index is 1050. The molecule has 2 heterocycles. The Morgan fingerprint density at radius 1 is 1.03 bits per heavy atom. The Kier molecular flexibility index (Phi) is 6.34. The maximum atomic E-state index is 13.5. The number of carbonyl (C=O) groups is 2. The Labute approximate surface area is 185 Å². The second kappa shape index (κ2) is 9.33. The van der Waals surface area contributed by atoms with Gasteiger partial charge >= 0.3 is 6.03 Å². The number of benzodiazepines with no additional fused rings is 1. The number of aliphatic imine (C=N–C) groups is 1. The van der Waals surface area contributed by atoms with Crippen LogP contribution in [0.4, 0.5) is 25.0 Å². The van der Waals surface area contributed by atoms with E-state index in [2.05, 4.69) is 20.5 Å². The van der Waals surface area contributed by atoms with Crippen molar-refractivity contribution in [2.75, 3.05) is 30.4 Å². The van der Waals surface area contributed by atoms with Crippen LogP contribution >= 0.6 is 0 Å². The lowest BCUT2D eigenvalue weighted by molar-refractivity contribution is -0.119. The molecule has 9 heteroatoms. The van der Waals surface area contributed by atoms with Crippen molar-refractivity contribution >= 4 is 29.1 Å². The number of fused-ring (bicyclic) bond motifs is 1. The molecule has 3 amide bonds. The monoisotopic (exact) mass is 441 g/mol. The van der Waals surface area contributed by atoms with E-state index in [9.17, 15) is 18.4 Å². The number of benzene rings is 2. The predicted molar refractivity (Wildman–Crippen MR) is 119 cm³/mol. The number of nitrogens with one attached hydrogen (secondary N) is 2. The highest BCUT2D eigenvalue weighted by atomic mass is 19.2. The zero-order valence-corrected chi connectivity index (χ0v) is 17.8.